The third-order valence-electron chi connectivity index (χ3n) is 3.04. The second kappa shape index (κ2) is 6.39. The quantitative estimate of drug-likeness (QED) is 0.859. The van der Waals surface area contributed by atoms with Crippen LogP contribution in [0.25, 0.3) is 0 Å². The summed E-state index contributed by atoms with van der Waals surface area (Å²) in [6.45, 7) is 5.22. The van der Waals surface area contributed by atoms with E-state index in [9.17, 15) is 0 Å². The van der Waals surface area contributed by atoms with E-state index in [0.29, 0.717) is 5.92 Å². The van der Waals surface area contributed by atoms with Gasteiger partial charge in [0.1, 0.15) is 11.5 Å². The first-order valence-electron chi connectivity index (χ1n) is 6.70. The van der Waals surface area contributed by atoms with E-state index in [1.807, 2.05) is 31.3 Å². The summed E-state index contributed by atoms with van der Waals surface area (Å²) in [7, 11) is 1.94. The molecule has 19 heavy (non-hydrogen) atoms. The molecule has 0 radical (unpaired) electrons. The van der Waals surface area contributed by atoms with Crippen molar-refractivity contribution in [3.05, 3.63) is 59.7 Å². The van der Waals surface area contributed by atoms with Gasteiger partial charge >= 0.3 is 0 Å². The van der Waals surface area contributed by atoms with Crippen LogP contribution in [0.2, 0.25) is 0 Å². The maximum atomic E-state index is 5.93. The molecular formula is C17H21NO. The Morgan fingerprint density at radius 2 is 1.68 bits per heavy atom. The number of hydrogen-bond acceptors (Lipinski definition) is 2. The fourth-order valence-corrected chi connectivity index (χ4v) is 2.00. The van der Waals surface area contributed by atoms with Crippen molar-refractivity contribution in [2.45, 2.75) is 26.3 Å². The Labute approximate surface area is 115 Å². The Kier molecular flexibility index (Phi) is 4.58. The van der Waals surface area contributed by atoms with Gasteiger partial charge in [-0.05, 0) is 48.4 Å². The third kappa shape index (κ3) is 3.83. The monoisotopic (exact) mass is 255 g/mol. The summed E-state index contributed by atoms with van der Waals surface area (Å²) in [5.74, 6) is 2.29. The number of ether oxygens (including phenoxy) is 1. The zero-order chi connectivity index (χ0) is 13.7. The molecule has 0 aliphatic carbocycles. The van der Waals surface area contributed by atoms with Gasteiger partial charge in [0.05, 0.1) is 0 Å². The number of nitrogens with one attached hydrogen (secondary N) is 1. The van der Waals surface area contributed by atoms with Gasteiger partial charge in [0.15, 0.2) is 0 Å². The van der Waals surface area contributed by atoms with Gasteiger partial charge in [-0.15, -0.1) is 0 Å². The third-order valence-corrected chi connectivity index (χ3v) is 3.04. The van der Waals surface area contributed by atoms with Crippen molar-refractivity contribution in [3.8, 4) is 11.5 Å². The first-order valence-corrected chi connectivity index (χ1v) is 6.70. The highest BCUT2D eigenvalue weighted by Crippen LogP contribution is 2.25. The fraction of sp³-hybridized carbons (Fsp3) is 0.294. The molecule has 0 atom stereocenters. The Morgan fingerprint density at radius 3 is 2.37 bits per heavy atom. The van der Waals surface area contributed by atoms with Crippen LogP contribution in [0, 0.1) is 0 Å². The van der Waals surface area contributed by atoms with Crippen molar-refractivity contribution in [1.82, 2.24) is 5.32 Å². The maximum Gasteiger partial charge on any atom is 0.127 e. The summed E-state index contributed by atoms with van der Waals surface area (Å²) in [5.41, 5.74) is 2.52. The van der Waals surface area contributed by atoms with Gasteiger partial charge in [-0.25, -0.2) is 0 Å². The molecule has 2 heteroatoms. The molecule has 2 aromatic rings. The van der Waals surface area contributed by atoms with Crippen molar-refractivity contribution < 1.29 is 4.74 Å². The molecule has 0 spiro atoms. The average molecular weight is 255 g/mol. The highest BCUT2D eigenvalue weighted by Gasteiger charge is 2.02. The average Bonchev–Trinajstić information content (AvgIpc) is 2.40. The van der Waals surface area contributed by atoms with Crippen molar-refractivity contribution in [1.29, 1.82) is 0 Å². The topological polar surface area (TPSA) is 21.3 Å². The minimum Gasteiger partial charge on any atom is -0.457 e. The molecule has 1 N–H and O–H groups in total. The number of hydrogen-bond donors (Lipinski definition) is 1. The number of benzene rings is 2. The molecule has 0 saturated carbocycles. The molecular weight excluding hydrogens is 234 g/mol. The molecule has 0 fully saturated rings. The minimum absolute atomic E-state index is 0.513. The van der Waals surface area contributed by atoms with E-state index in [2.05, 4.69) is 43.4 Å². The predicted molar refractivity (Wildman–Crippen MR) is 79.8 cm³/mol. The van der Waals surface area contributed by atoms with Crippen LogP contribution in [-0.2, 0) is 6.54 Å². The summed E-state index contributed by atoms with van der Waals surface area (Å²) in [5, 5.41) is 3.14. The van der Waals surface area contributed by atoms with Gasteiger partial charge < -0.3 is 10.1 Å². The van der Waals surface area contributed by atoms with Crippen LogP contribution < -0.4 is 10.1 Å². The molecule has 0 amide bonds. The van der Waals surface area contributed by atoms with Gasteiger partial charge in [0, 0.05) is 6.54 Å². The second-order valence-corrected chi connectivity index (χ2v) is 5.01. The van der Waals surface area contributed by atoms with E-state index < -0.39 is 0 Å². The molecule has 0 aliphatic rings. The molecule has 100 valence electrons. The van der Waals surface area contributed by atoms with Gasteiger partial charge in [-0.1, -0.05) is 38.1 Å². The van der Waals surface area contributed by atoms with E-state index in [1.165, 1.54) is 11.1 Å². The summed E-state index contributed by atoms with van der Waals surface area (Å²) in [6.07, 6.45) is 0. The van der Waals surface area contributed by atoms with E-state index in [-0.39, 0.29) is 0 Å². The van der Waals surface area contributed by atoms with Crippen molar-refractivity contribution in [3.63, 3.8) is 0 Å². The van der Waals surface area contributed by atoms with E-state index in [4.69, 9.17) is 4.74 Å². The van der Waals surface area contributed by atoms with Crippen LogP contribution in [0.4, 0.5) is 0 Å². The maximum absolute atomic E-state index is 5.93. The van der Waals surface area contributed by atoms with Crippen LogP contribution in [0.5, 0.6) is 11.5 Å². The summed E-state index contributed by atoms with van der Waals surface area (Å²) in [6, 6.07) is 16.4. The highest BCUT2D eigenvalue weighted by molar-refractivity contribution is 5.36. The second-order valence-electron chi connectivity index (χ2n) is 5.01. The molecule has 0 saturated heterocycles. The van der Waals surface area contributed by atoms with E-state index in [1.54, 1.807) is 0 Å². The standard InChI is InChI=1S/C17H21NO/c1-13(2)15-7-5-9-17(11-15)19-16-8-4-6-14(10-16)12-18-3/h4-11,13,18H,12H2,1-3H3. The normalized spacial score (nSPS) is 10.7. The lowest BCUT2D eigenvalue weighted by Gasteiger charge is -2.10. The van der Waals surface area contributed by atoms with Crippen LogP contribution in [0.3, 0.4) is 0 Å². The molecule has 2 rings (SSSR count). The zero-order valence-corrected chi connectivity index (χ0v) is 11.8. The minimum atomic E-state index is 0.513. The largest absolute Gasteiger partial charge is 0.457 e. The fourth-order valence-electron chi connectivity index (χ4n) is 2.00. The van der Waals surface area contributed by atoms with Gasteiger partial charge in [0.2, 0.25) is 0 Å². The molecule has 2 nitrogen and oxygen atoms in total. The van der Waals surface area contributed by atoms with Crippen LogP contribution in [0.1, 0.15) is 30.9 Å². The molecule has 0 aromatic heterocycles. The van der Waals surface area contributed by atoms with E-state index >= 15 is 0 Å². The predicted octanol–water partition coefficient (Wildman–Crippen LogP) is 4.32. The Balaban J connectivity index is 2.16. The first kappa shape index (κ1) is 13.6. The Bertz CT molecular complexity index is 534. The van der Waals surface area contributed by atoms with Crippen LogP contribution in [0.15, 0.2) is 48.5 Å². The van der Waals surface area contributed by atoms with Crippen LogP contribution in [-0.4, -0.2) is 7.05 Å². The van der Waals surface area contributed by atoms with Gasteiger partial charge in [-0.3, -0.25) is 0 Å². The zero-order valence-electron chi connectivity index (χ0n) is 11.8. The smallest absolute Gasteiger partial charge is 0.127 e. The van der Waals surface area contributed by atoms with Gasteiger partial charge in [-0.2, -0.15) is 0 Å². The van der Waals surface area contributed by atoms with Crippen LogP contribution >= 0.6 is 0 Å². The first-order chi connectivity index (χ1) is 9.19. The molecule has 0 bridgehead atoms. The van der Waals surface area contributed by atoms with E-state index in [0.717, 1.165) is 18.0 Å². The molecule has 2 aromatic carbocycles. The Morgan fingerprint density at radius 1 is 1.00 bits per heavy atom. The molecule has 0 unspecified atom stereocenters. The van der Waals surface area contributed by atoms with Gasteiger partial charge in [0.25, 0.3) is 0 Å². The lowest BCUT2D eigenvalue weighted by Crippen LogP contribution is -2.04. The number of rotatable bonds is 5. The molecule has 0 heterocycles. The molecule has 0 aliphatic heterocycles. The highest BCUT2D eigenvalue weighted by atomic mass is 16.5. The lowest BCUT2D eigenvalue weighted by atomic mass is 10.0. The summed E-state index contributed by atoms with van der Waals surface area (Å²) in [4.78, 5) is 0. The van der Waals surface area contributed by atoms with Crippen molar-refractivity contribution in [2.24, 2.45) is 0 Å². The van der Waals surface area contributed by atoms with Crippen molar-refractivity contribution >= 4 is 0 Å². The summed E-state index contributed by atoms with van der Waals surface area (Å²) < 4.78 is 5.93. The SMILES string of the molecule is CNCc1cccc(Oc2cccc(C(C)C)c2)c1. The Hall–Kier alpha value is -1.80. The lowest BCUT2D eigenvalue weighted by molar-refractivity contribution is 0.480. The summed E-state index contributed by atoms with van der Waals surface area (Å²) >= 11 is 0. The van der Waals surface area contributed by atoms with Crippen molar-refractivity contribution in [2.75, 3.05) is 7.05 Å².